The topological polar surface area (TPSA) is 102 Å². The molecule has 1 heterocycles. The zero-order valence-corrected chi connectivity index (χ0v) is 19.8. The van der Waals surface area contributed by atoms with Crippen LogP contribution in [0.25, 0.3) is 0 Å². The molecule has 0 saturated carbocycles. The molecule has 0 atom stereocenters. The SMILES string of the molecule is O=C(COC(=O)C(c1ccccc1)c1ccccc1)Nc1cccc(S(=O)(=O)N2CCOCC2)c1. The van der Waals surface area contributed by atoms with Crippen molar-refractivity contribution in [2.24, 2.45) is 0 Å². The molecule has 182 valence electrons. The van der Waals surface area contributed by atoms with Gasteiger partial charge in [0.1, 0.15) is 5.92 Å². The van der Waals surface area contributed by atoms with Gasteiger partial charge in [-0.3, -0.25) is 9.59 Å². The van der Waals surface area contributed by atoms with Crippen molar-refractivity contribution in [3.05, 3.63) is 96.1 Å². The van der Waals surface area contributed by atoms with Crippen LogP contribution in [0.4, 0.5) is 5.69 Å². The number of carbonyl (C=O) groups is 2. The lowest BCUT2D eigenvalue weighted by Gasteiger charge is -2.26. The molecule has 3 aromatic carbocycles. The van der Waals surface area contributed by atoms with Crippen LogP contribution in [0.2, 0.25) is 0 Å². The Morgan fingerprint density at radius 1 is 0.886 bits per heavy atom. The summed E-state index contributed by atoms with van der Waals surface area (Å²) >= 11 is 0. The fourth-order valence-electron chi connectivity index (χ4n) is 3.84. The van der Waals surface area contributed by atoms with Crippen molar-refractivity contribution >= 4 is 27.6 Å². The number of ether oxygens (including phenoxy) is 2. The molecule has 0 unspecified atom stereocenters. The van der Waals surface area contributed by atoms with Crippen LogP contribution < -0.4 is 5.32 Å². The highest BCUT2D eigenvalue weighted by atomic mass is 32.2. The predicted octanol–water partition coefficient (Wildman–Crippen LogP) is 3.02. The summed E-state index contributed by atoms with van der Waals surface area (Å²) in [4.78, 5) is 25.5. The van der Waals surface area contributed by atoms with E-state index in [0.29, 0.717) is 18.9 Å². The zero-order valence-electron chi connectivity index (χ0n) is 19.0. The number of esters is 1. The third kappa shape index (κ3) is 6.13. The molecule has 35 heavy (non-hydrogen) atoms. The average molecular weight is 495 g/mol. The smallest absolute Gasteiger partial charge is 0.318 e. The molecule has 1 N–H and O–H groups in total. The third-order valence-electron chi connectivity index (χ3n) is 5.57. The fraction of sp³-hybridized carbons (Fsp3) is 0.231. The van der Waals surface area contributed by atoms with E-state index in [2.05, 4.69) is 5.32 Å². The summed E-state index contributed by atoms with van der Waals surface area (Å²) in [7, 11) is -3.70. The van der Waals surface area contributed by atoms with E-state index in [-0.39, 0.29) is 18.0 Å². The lowest BCUT2D eigenvalue weighted by molar-refractivity contribution is -0.147. The maximum Gasteiger partial charge on any atom is 0.318 e. The van der Waals surface area contributed by atoms with Crippen LogP contribution in [-0.4, -0.2) is 57.5 Å². The standard InChI is InChI=1S/C26H26N2O6S/c29-24(27-22-12-7-13-23(18-22)35(31,32)28-14-16-33-17-15-28)19-34-26(30)25(20-8-3-1-4-9-20)21-10-5-2-6-11-21/h1-13,18,25H,14-17,19H2,(H,27,29). The number of morpholine rings is 1. The van der Waals surface area contributed by atoms with Gasteiger partial charge in [0.25, 0.3) is 5.91 Å². The number of amides is 1. The highest BCUT2D eigenvalue weighted by molar-refractivity contribution is 7.89. The Morgan fingerprint density at radius 3 is 2.09 bits per heavy atom. The minimum atomic E-state index is -3.70. The van der Waals surface area contributed by atoms with Gasteiger partial charge < -0.3 is 14.8 Å². The van der Waals surface area contributed by atoms with Gasteiger partial charge >= 0.3 is 5.97 Å². The molecule has 4 rings (SSSR count). The van der Waals surface area contributed by atoms with Gasteiger partial charge in [-0.05, 0) is 29.3 Å². The van der Waals surface area contributed by atoms with E-state index < -0.39 is 34.4 Å². The second-order valence-electron chi connectivity index (χ2n) is 7.95. The number of nitrogens with zero attached hydrogens (tertiary/aromatic N) is 1. The number of nitrogens with one attached hydrogen (secondary N) is 1. The molecule has 1 aliphatic rings. The fourth-order valence-corrected chi connectivity index (χ4v) is 5.30. The molecule has 0 radical (unpaired) electrons. The quantitative estimate of drug-likeness (QED) is 0.483. The maximum atomic E-state index is 13.0. The minimum absolute atomic E-state index is 0.0717. The number of benzene rings is 3. The second-order valence-corrected chi connectivity index (χ2v) is 9.89. The van der Waals surface area contributed by atoms with Gasteiger partial charge in [-0.15, -0.1) is 0 Å². The average Bonchev–Trinajstić information content (AvgIpc) is 2.89. The van der Waals surface area contributed by atoms with E-state index in [1.54, 1.807) is 12.1 Å². The molecule has 0 bridgehead atoms. The highest BCUT2D eigenvalue weighted by Gasteiger charge is 2.27. The van der Waals surface area contributed by atoms with E-state index in [1.807, 2.05) is 60.7 Å². The van der Waals surface area contributed by atoms with E-state index in [9.17, 15) is 18.0 Å². The van der Waals surface area contributed by atoms with Crippen LogP contribution in [-0.2, 0) is 29.1 Å². The summed E-state index contributed by atoms with van der Waals surface area (Å²) in [6.07, 6.45) is 0. The zero-order chi connectivity index (χ0) is 24.7. The summed E-state index contributed by atoms with van der Waals surface area (Å²) in [6.45, 7) is 0.731. The van der Waals surface area contributed by atoms with Crippen molar-refractivity contribution < 1.29 is 27.5 Å². The summed E-state index contributed by atoms with van der Waals surface area (Å²) in [5.41, 5.74) is 1.80. The van der Waals surface area contributed by atoms with Crippen molar-refractivity contribution in [1.82, 2.24) is 4.31 Å². The van der Waals surface area contributed by atoms with Crippen LogP contribution >= 0.6 is 0 Å². The second kappa shape index (κ2) is 11.3. The number of sulfonamides is 1. The Balaban J connectivity index is 1.41. The van der Waals surface area contributed by atoms with Gasteiger partial charge in [-0.2, -0.15) is 4.31 Å². The number of hydrogen-bond donors (Lipinski definition) is 1. The molecule has 9 heteroatoms. The van der Waals surface area contributed by atoms with Crippen molar-refractivity contribution in [3.63, 3.8) is 0 Å². The van der Waals surface area contributed by atoms with E-state index in [0.717, 1.165) is 11.1 Å². The number of anilines is 1. The first-order valence-electron chi connectivity index (χ1n) is 11.2. The van der Waals surface area contributed by atoms with Crippen molar-refractivity contribution in [3.8, 4) is 0 Å². The Morgan fingerprint density at radius 2 is 1.49 bits per heavy atom. The van der Waals surface area contributed by atoms with E-state index in [1.165, 1.54) is 16.4 Å². The Hall–Kier alpha value is -3.53. The first-order chi connectivity index (χ1) is 16.9. The van der Waals surface area contributed by atoms with Gasteiger partial charge in [0, 0.05) is 18.8 Å². The van der Waals surface area contributed by atoms with Gasteiger partial charge in [0.2, 0.25) is 10.0 Å². The molecular weight excluding hydrogens is 468 g/mol. The van der Waals surface area contributed by atoms with Crippen molar-refractivity contribution in [2.75, 3.05) is 38.2 Å². The third-order valence-corrected chi connectivity index (χ3v) is 7.47. The van der Waals surface area contributed by atoms with Crippen molar-refractivity contribution in [2.45, 2.75) is 10.8 Å². The number of hydrogen-bond acceptors (Lipinski definition) is 6. The summed E-state index contributed by atoms with van der Waals surface area (Å²) in [5.74, 6) is -1.80. The van der Waals surface area contributed by atoms with Gasteiger partial charge in [-0.1, -0.05) is 66.7 Å². The number of carbonyl (C=O) groups excluding carboxylic acids is 2. The van der Waals surface area contributed by atoms with E-state index >= 15 is 0 Å². The molecule has 1 amide bonds. The van der Waals surface area contributed by atoms with Gasteiger partial charge in [0.05, 0.1) is 18.1 Å². The molecule has 1 fully saturated rings. The van der Waals surface area contributed by atoms with Crippen LogP contribution in [0.3, 0.4) is 0 Å². The van der Waals surface area contributed by atoms with Crippen molar-refractivity contribution in [1.29, 1.82) is 0 Å². The molecule has 3 aromatic rings. The van der Waals surface area contributed by atoms with Crippen LogP contribution in [0, 0.1) is 0 Å². The Kier molecular flexibility index (Phi) is 7.91. The van der Waals surface area contributed by atoms with Crippen LogP contribution in [0.15, 0.2) is 89.8 Å². The molecule has 1 aliphatic heterocycles. The summed E-state index contributed by atoms with van der Waals surface area (Å²) < 4.78 is 37.7. The molecule has 8 nitrogen and oxygen atoms in total. The lowest BCUT2D eigenvalue weighted by Crippen LogP contribution is -2.40. The first kappa shape index (κ1) is 24.6. The monoisotopic (exact) mass is 494 g/mol. The van der Waals surface area contributed by atoms with Crippen LogP contribution in [0.1, 0.15) is 17.0 Å². The number of rotatable bonds is 8. The summed E-state index contributed by atoms with van der Waals surface area (Å²) in [6, 6.07) is 24.4. The summed E-state index contributed by atoms with van der Waals surface area (Å²) in [5, 5.41) is 2.61. The first-order valence-corrected chi connectivity index (χ1v) is 12.6. The van der Waals surface area contributed by atoms with Gasteiger partial charge in [-0.25, -0.2) is 8.42 Å². The normalized spacial score (nSPS) is 14.4. The predicted molar refractivity (Wildman–Crippen MR) is 130 cm³/mol. The molecular formula is C26H26N2O6S. The molecule has 1 saturated heterocycles. The maximum absolute atomic E-state index is 13.0. The van der Waals surface area contributed by atoms with Gasteiger partial charge in [0.15, 0.2) is 6.61 Å². The van der Waals surface area contributed by atoms with Crippen LogP contribution in [0.5, 0.6) is 0 Å². The lowest BCUT2D eigenvalue weighted by atomic mass is 9.91. The van der Waals surface area contributed by atoms with E-state index in [4.69, 9.17) is 9.47 Å². The largest absolute Gasteiger partial charge is 0.455 e. The molecule has 0 aliphatic carbocycles. The Bertz CT molecular complexity index is 1220. The minimum Gasteiger partial charge on any atom is -0.455 e. The molecule has 0 aromatic heterocycles. The molecule has 0 spiro atoms. The highest BCUT2D eigenvalue weighted by Crippen LogP contribution is 2.26. The Labute approximate surface area is 204 Å².